The Bertz CT molecular complexity index is 845. The standard InChI is InChI=1S/C16H18N4O2/c1-10(2)13-6-4-5-11-7-14(16(21)22)20(15(11)13)9-12-8-17-19(3)18-12/h4-8,10H,9H2,1-3H3,(H,21,22). The van der Waals surface area contributed by atoms with Gasteiger partial charge in [-0.05, 0) is 17.5 Å². The van der Waals surface area contributed by atoms with Gasteiger partial charge in [-0.1, -0.05) is 32.0 Å². The Kier molecular flexibility index (Phi) is 3.44. The van der Waals surface area contributed by atoms with E-state index < -0.39 is 5.97 Å². The molecule has 6 heteroatoms. The Balaban J connectivity index is 2.24. The van der Waals surface area contributed by atoms with Gasteiger partial charge in [-0.2, -0.15) is 15.0 Å². The average molecular weight is 298 g/mol. The summed E-state index contributed by atoms with van der Waals surface area (Å²) in [6.07, 6.45) is 1.66. The largest absolute Gasteiger partial charge is 0.477 e. The molecule has 0 saturated carbocycles. The van der Waals surface area contributed by atoms with Gasteiger partial charge in [-0.3, -0.25) is 0 Å². The van der Waals surface area contributed by atoms with Gasteiger partial charge in [-0.15, -0.1) is 0 Å². The lowest BCUT2D eigenvalue weighted by atomic mass is 10.0. The van der Waals surface area contributed by atoms with E-state index in [1.165, 1.54) is 4.80 Å². The lowest BCUT2D eigenvalue weighted by Crippen LogP contribution is -2.11. The molecule has 1 aromatic carbocycles. The van der Waals surface area contributed by atoms with E-state index in [9.17, 15) is 9.90 Å². The van der Waals surface area contributed by atoms with Gasteiger partial charge in [0.1, 0.15) is 11.4 Å². The maximum atomic E-state index is 11.6. The van der Waals surface area contributed by atoms with Crippen LogP contribution in [-0.2, 0) is 13.6 Å². The third-order valence-corrected chi connectivity index (χ3v) is 3.76. The number of fused-ring (bicyclic) bond motifs is 1. The SMILES string of the molecule is CC(C)c1cccc2cc(C(=O)O)n(Cc3cnn(C)n3)c12. The molecule has 0 spiro atoms. The van der Waals surface area contributed by atoms with E-state index in [0.29, 0.717) is 12.5 Å². The Morgan fingerprint density at radius 1 is 1.36 bits per heavy atom. The Labute approximate surface area is 128 Å². The smallest absolute Gasteiger partial charge is 0.352 e. The molecule has 0 radical (unpaired) electrons. The third-order valence-electron chi connectivity index (χ3n) is 3.76. The molecule has 2 aromatic heterocycles. The zero-order chi connectivity index (χ0) is 15.9. The zero-order valence-electron chi connectivity index (χ0n) is 12.8. The van der Waals surface area contributed by atoms with Crippen LogP contribution in [0.5, 0.6) is 0 Å². The summed E-state index contributed by atoms with van der Waals surface area (Å²) >= 11 is 0. The molecule has 0 aliphatic carbocycles. The second-order valence-electron chi connectivity index (χ2n) is 5.69. The average Bonchev–Trinajstić information content (AvgIpc) is 3.03. The van der Waals surface area contributed by atoms with E-state index in [1.807, 2.05) is 22.8 Å². The number of benzene rings is 1. The fraction of sp³-hybridized carbons (Fsp3) is 0.312. The normalized spacial score (nSPS) is 11.5. The molecule has 0 bridgehead atoms. The Morgan fingerprint density at radius 2 is 2.14 bits per heavy atom. The van der Waals surface area contributed by atoms with Gasteiger partial charge in [0.2, 0.25) is 0 Å². The lowest BCUT2D eigenvalue weighted by Gasteiger charge is -2.12. The van der Waals surface area contributed by atoms with Crippen LogP contribution >= 0.6 is 0 Å². The number of nitrogens with zero attached hydrogens (tertiary/aromatic N) is 4. The van der Waals surface area contributed by atoms with Gasteiger partial charge in [0.05, 0.1) is 18.3 Å². The van der Waals surface area contributed by atoms with Gasteiger partial charge in [0.25, 0.3) is 0 Å². The summed E-state index contributed by atoms with van der Waals surface area (Å²) in [5.41, 5.74) is 3.10. The van der Waals surface area contributed by atoms with Crippen molar-refractivity contribution in [1.29, 1.82) is 0 Å². The number of hydrogen-bond acceptors (Lipinski definition) is 3. The van der Waals surface area contributed by atoms with Crippen molar-refractivity contribution in [2.45, 2.75) is 26.3 Å². The van der Waals surface area contributed by atoms with Crippen molar-refractivity contribution in [2.24, 2.45) is 7.05 Å². The first-order valence-corrected chi connectivity index (χ1v) is 7.18. The third kappa shape index (κ3) is 2.36. The summed E-state index contributed by atoms with van der Waals surface area (Å²) in [6, 6.07) is 7.68. The monoisotopic (exact) mass is 298 g/mol. The van der Waals surface area contributed by atoms with Gasteiger partial charge in [-0.25, -0.2) is 4.79 Å². The van der Waals surface area contributed by atoms with Gasteiger partial charge in [0, 0.05) is 12.4 Å². The molecular formula is C16H18N4O2. The van der Waals surface area contributed by atoms with Crippen LogP contribution in [0.2, 0.25) is 0 Å². The fourth-order valence-corrected chi connectivity index (χ4v) is 2.78. The van der Waals surface area contributed by atoms with Crippen molar-refractivity contribution in [3.8, 4) is 0 Å². The number of carbonyl (C=O) groups is 1. The maximum absolute atomic E-state index is 11.6. The number of carboxylic acid groups (broad SMARTS) is 1. The van der Waals surface area contributed by atoms with Crippen molar-refractivity contribution in [3.63, 3.8) is 0 Å². The van der Waals surface area contributed by atoms with Crippen molar-refractivity contribution < 1.29 is 9.90 Å². The van der Waals surface area contributed by atoms with Crippen LogP contribution in [-0.4, -0.2) is 30.6 Å². The van der Waals surface area contributed by atoms with Crippen LogP contribution in [0, 0.1) is 0 Å². The second kappa shape index (κ2) is 5.29. The molecule has 6 nitrogen and oxygen atoms in total. The summed E-state index contributed by atoms with van der Waals surface area (Å²) in [5, 5.41) is 18.8. The molecule has 0 aliphatic rings. The van der Waals surface area contributed by atoms with E-state index in [2.05, 4.69) is 24.0 Å². The topological polar surface area (TPSA) is 72.9 Å². The van der Waals surface area contributed by atoms with Crippen molar-refractivity contribution in [3.05, 3.63) is 47.4 Å². The van der Waals surface area contributed by atoms with Crippen molar-refractivity contribution in [2.75, 3.05) is 0 Å². The molecule has 22 heavy (non-hydrogen) atoms. The minimum absolute atomic E-state index is 0.272. The number of carboxylic acids is 1. The second-order valence-corrected chi connectivity index (χ2v) is 5.69. The lowest BCUT2D eigenvalue weighted by molar-refractivity contribution is 0.0686. The first kappa shape index (κ1) is 14.3. The summed E-state index contributed by atoms with van der Waals surface area (Å²) in [6.45, 7) is 4.60. The van der Waals surface area contributed by atoms with Crippen LogP contribution in [0.15, 0.2) is 30.5 Å². The number of aromatic carboxylic acids is 1. The minimum Gasteiger partial charge on any atom is -0.477 e. The van der Waals surface area contributed by atoms with Crippen LogP contribution in [0.25, 0.3) is 10.9 Å². The number of aryl methyl sites for hydroxylation is 1. The van der Waals surface area contributed by atoms with Crippen LogP contribution in [0.4, 0.5) is 0 Å². The summed E-state index contributed by atoms with van der Waals surface area (Å²) < 4.78 is 1.82. The predicted octanol–water partition coefficient (Wildman–Crippen LogP) is 2.64. The van der Waals surface area contributed by atoms with Crippen molar-refractivity contribution in [1.82, 2.24) is 19.6 Å². The molecule has 0 atom stereocenters. The molecule has 3 aromatic rings. The van der Waals surface area contributed by atoms with E-state index in [1.54, 1.807) is 19.3 Å². The quantitative estimate of drug-likeness (QED) is 0.803. The number of rotatable bonds is 4. The molecule has 0 amide bonds. The van der Waals surface area contributed by atoms with Crippen LogP contribution in [0.3, 0.4) is 0 Å². The highest BCUT2D eigenvalue weighted by Gasteiger charge is 2.19. The summed E-state index contributed by atoms with van der Waals surface area (Å²) in [7, 11) is 1.74. The Hall–Kier alpha value is -2.63. The fourth-order valence-electron chi connectivity index (χ4n) is 2.78. The van der Waals surface area contributed by atoms with E-state index in [0.717, 1.165) is 22.2 Å². The molecule has 3 rings (SSSR count). The van der Waals surface area contributed by atoms with E-state index in [-0.39, 0.29) is 5.69 Å². The number of para-hydroxylation sites is 1. The predicted molar refractivity (Wildman–Crippen MR) is 83.1 cm³/mol. The molecular weight excluding hydrogens is 280 g/mol. The first-order chi connectivity index (χ1) is 10.5. The number of hydrogen-bond donors (Lipinski definition) is 1. The molecule has 114 valence electrons. The van der Waals surface area contributed by atoms with Crippen molar-refractivity contribution >= 4 is 16.9 Å². The highest BCUT2D eigenvalue weighted by molar-refractivity contribution is 5.96. The molecule has 2 heterocycles. The van der Waals surface area contributed by atoms with E-state index >= 15 is 0 Å². The highest BCUT2D eigenvalue weighted by atomic mass is 16.4. The summed E-state index contributed by atoms with van der Waals surface area (Å²) in [5.74, 6) is -0.629. The maximum Gasteiger partial charge on any atom is 0.352 e. The summed E-state index contributed by atoms with van der Waals surface area (Å²) in [4.78, 5) is 13.1. The minimum atomic E-state index is -0.935. The molecule has 1 N–H and O–H groups in total. The molecule has 0 aliphatic heterocycles. The number of aromatic nitrogens is 4. The van der Waals surface area contributed by atoms with Crippen LogP contribution in [0.1, 0.15) is 41.5 Å². The van der Waals surface area contributed by atoms with E-state index in [4.69, 9.17) is 0 Å². The molecule has 0 saturated heterocycles. The van der Waals surface area contributed by atoms with Gasteiger partial charge in [0.15, 0.2) is 0 Å². The van der Waals surface area contributed by atoms with Gasteiger partial charge >= 0.3 is 5.97 Å². The Morgan fingerprint density at radius 3 is 2.73 bits per heavy atom. The van der Waals surface area contributed by atoms with Crippen LogP contribution < -0.4 is 0 Å². The highest BCUT2D eigenvalue weighted by Crippen LogP contribution is 2.29. The first-order valence-electron chi connectivity index (χ1n) is 7.18. The van der Waals surface area contributed by atoms with Gasteiger partial charge < -0.3 is 9.67 Å². The zero-order valence-corrected chi connectivity index (χ0v) is 12.8. The molecule has 0 unspecified atom stereocenters. The molecule has 0 fully saturated rings.